The van der Waals surface area contributed by atoms with Gasteiger partial charge in [0.15, 0.2) is 11.5 Å². The fourth-order valence-electron chi connectivity index (χ4n) is 2.99. The van der Waals surface area contributed by atoms with Gasteiger partial charge in [0.25, 0.3) is 0 Å². The number of nitrogens with one attached hydrogen (secondary N) is 1. The second-order valence-corrected chi connectivity index (χ2v) is 6.00. The van der Waals surface area contributed by atoms with Crippen LogP contribution >= 0.6 is 0 Å². The van der Waals surface area contributed by atoms with Crippen molar-refractivity contribution in [3.05, 3.63) is 46.5 Å². The summed E-state index contributed by atoms with van der Waals surface area (Å²) in [7, 11) is 1.42. The normalized spacial score (nSPS) is 16.2. The lowest BCUT2D eigenvalue weighted by atomic mass is 9.83. The van der Waals surface area contributed by atoms with Crippen molar-refractivity contribution in [2.24, 2.45) is 5.73 Å². The Labute approximate surface area is 158 Å². The number of benzene rings is 1. The van der Waals surface area contributed by atoms with E-state index in [0.717, 1.165) is 6.42 Å². The quantitative estimate of drug-likeness (QED) is 0.805. The Morgan fingerprint density at radius 1 is 1.36 bits per heavy atom. The molecular formula is C18H17F3N4O3. The van der Waals surface area contributed by atoms with Crippen LogP contribution in [-0.2, 0) is 6.18 Å². The minimum Gasteiger partial charge on any atom is -0.493 e. The lowest BCUT2D eigenvalue weighted by Gasteiger charge is -2.25. The minimum absolute atomic E-state index is 0.149. The van der Waals surface area contributed by atoms with Crippen molar-refractivity contribution in [2.75, 3.05) is 13.7 Å². The van der Waals surface area contributed by atoms with Crippen LogP contribution in [0.4, 0.5) is 13.2 Å². The molecule has 0 fully saturated rings. The molecule has 0 radical (unpaired) electrons. The standard InChI is InChI=1S/C18H17F3N4O3/c1-3-6-27-11-5-4-9(7-12(11)26-2)13-10(8-22)16(23)28-17-14(13)15(24-25-17)18(19,20)21/h4-5,7,13H,3,6,23H2,1-2H3,(H,24,25). The maximum atomic E-state index is 13.5. The summed E-state index contributed by atoms with van der Waals surface area (Å²) >= 11 is 0. The molecule has 0 saturated heterocycles. The molecule has 0 spiro atoms. The minimum atomic E-state index is -4.72. The first-order valence-electron chi connectivity index (χ1n) is 8.35. The Morgan fingerprint density at radius 2 is 2.11 bits per heavy atom. The van der Waals surface area contributed by atoms with E-state index in [-0.39, 0.29) is 22.9 Å². The van der Waals surface area contributed by atoms with Crippen molar-refractivity contribution >= 4 is 0 Å². The van der Waals surface area contributed by atoms with Crippen LogP contribution in [0.15, 0.2) is 29.7 Å². The molecule has 10 heteroatoms. The SMILES string of the molecule is CCCOc1ccc(C2C(C#N)=C(N)Oc3n[nH]c(C(F)(F)F)c32)cc1OC. The zero-order valence-corrected chi connectivity index (χ0v) is 15.1. The predicted molar refractivity (Wildman–Crippen MR) is 91.7 cm³/mol. The van der Waals surface area contributed by atoms with Gasteiger partial charge in [0, 0.05) is 0 Å². The fourth-order valence-corrected chi connectivity index (χ4v) is 2.99. The molecule has 1 aliphatic rings. The summed E-state index contributed by atoms with van der Waals surface area (Å²) in [6.45, 7) is 2.39. The number of aromatic nitrogens is 2. The molecule has 2 aromatic rings. The van der Waals surface area contributed by atoms with Gasteiger partial charge in [-0.15, -0.1) is 5.10 Å². The van der Waals surface area contributed by atoms with Crippen LogP contribution in [0, 0.1) is 11.3 Å². The Morgan fingerprint density at radius 3 is 2.71 bits per heavy atom. The van der Waals surface area contributed by atoms with Crippen LogP contribution < -0.4 is 19.9 Å². The maximum absolute atomic E-state index is 13.5. The number of rotatable bonds is 5. The third-order valence-corrected chi connectivity index (χ3v) is 4.21. The van der Waals surface area contributed by atoms with Crippen LogP contribution in [-0.4, -0.2) is 23.9 Å². The van der Waals surface area contributed by atoms with E-state index in [0.29, 0.717) is 23.7 Å². The average molecular weight is 394 g/mol. The van der Waals surface area contributed by atoms with Gasteiger partial charge in [-0.3, -0.25) is 5.10 Å². The summed E-state index contributed by atoms with van der Waals surface area (Å²) in [6.07, 6.45) is -3.95. The first kappa shape index (κ1) is 19.4. The highest BCUT2D eigenvalue weighted by Gasteiger charge is 2.44. The van der Waals surface area contributed by atoms with Crippen molar-refractivity contribution in [2.45, 2.75) is 25.4 Å². The van der Waals surface area contributed by atoms with Gasteiger partial charge in [0.05, 0.1) is 25.2 Å². The molecule has 7 nitrogen and oxygen atoms in total. The average Bonchev–Trinajstić information content (AvgIpc) is 3.08. The summed E-state index contributed by atoms with van der Waals surface area (Å²) in [5, 5.41) is 15.0. The molecule has 0 amide bonds. The smallest absolute Gasteiger partial charge is 0.433 e. The Balaban J connectivity index is 2.18. The monoisotopic (exact) mass is 394 g/mol. The molecule has 3 N–H and O–H groups in total. The summed E-state index contributed by atoms with van der Waals surface area (Å²) in [6, 6.07) is 6.50. The molecule has 1 unspecified atom stereocenters. The van der Waals surface area contributed by atoms with Crippen molar-refractivity contribution < 1.29 is 27.4 Å². The van der Waals surface area contributed by atoms with Gasteiger partial charge in [-0.25, -0.2) is 0 Å². The zero-order valence-electron chi connectivity index (χ0n) is 15.1. The molecule has 1 aromatic heterocycles. The van der Waals surface area contributed by atoms with Crippen molar-refractivity contribution in [3.8, 4) is 23.4 Å². The molecule has 1 aromatic carbocycles. The summed E-state index contributed by atoms with van der Waals surface area (Å²) < 4.78 is 56.4. The van der Waals surface area contributed by atoms with E-state index < -0.39 is 17.8 Å². The van der Waals surface area contributed by atoms with Crippen molar-refractivity contribution in [3.63, 3.8) is 0 Å². The number of nitrogens with zero attached hydrogens (tertiary/aromatic N) is 2. The van der Waals surface area contributed by atoms with E-state index in [1.807, 2.05) is 18.1 Å². The fraction of sp³-hybridized carbons (Fsp3) is 0.333. The molecule has 1 aliphatic heterocycles. The number of fused-ring (bicyclic) bond motifs is 1. The van der Waals surface area contributed by atoms with Crippen LogP contribution in [0.5, 0.6) is 17.4 Å². The highest BCUT2D eigenvalue weighted by atomic mass is 19.4. The third kappa shape index (κ3) is 3.31. The summed E-state index contributed by atoms with van der Waals surface area (Å²) in [5.41, 5.74) is 4.57. The second-order valence-electron chi connectivity index (χ2n) is 6.00. The largest absolute Gasteiger partial charge is 0.493 e. The molecule has 0 bridgehead atoms. The lowest BCUT2D eigenvalue weighted by molar-refractivity contribution is -0.141. The third-order valence-electron chi connectivity index (χ3n) is 4.21. The number of allylic oxidation sites excluding steroid dienone is 1. The molecule has 28 heavy (non-hydrogen) atoms. The highest BCUT2D eigenvalue weighted by molar-refractivity contribution is 5.57. The number of ether oxygens (including phenoxy) is 3. The number of nitriles is 1. The number of aromatic amines is 1. The molecule has 3 rings (SSSR count). The first-order chi connectivity index (χ1) is 13.3. The number of alkyl halides is 3. The van der Waals surface area contributed by atoms with E-state index in [9.17, 15) is 18.4 Å². The van der Waals surface area contributed by atoms with Crippen molar-refractivity contribution in [1.29, 1.82) is 5.26 Å². The van der Waals surface area contributed by atoms with Gasteiger partial charge in [-0.2, -0.15) is 18.4 Å². The molecule has 0 saturated carbocycles. The van der Waals surface area contributed by atoms with Gasteiger partial charge in [0.2, 0.25) is 11.8 Å². The number of nitrogens with two attached hydrogens (primary N) is 1. The van der Waals surface area contributed by atoms with Crippen LogP contribution in [0.2, 0.25) is 0 Å². The van der Waals surface area contributed by atoms with Crippen LogP contribution in [0.1, 0.15) is 36.1 Å². The number of H-pyrrole nitrogens is 1. The zero-order chi connectivity index (χ0) is 20.5. The number of methoxy groups -OCH3 is 1. The Hall–Kier alpha value is -3.35. The van der Waals surface area contributed by atoms with Gasteiger partial charge >= 0.3 is 6.18 Å². The molecule has 0 aliphatic carbocycles. The van der Waals surface area contributed by atoms with E-state index in [1.165, 1.54) is 13.2 Å². The first-order valence-corrected chi connectivity index (χ1v) is 8.35. The van der Waals surface area contributed by atoms with Crippen LogP contribution in [0.25, 0.3) is 0 Å². The maximum Gasteiger partial charge on any atom is 0.433 e. The van der Waals surface area contributed by atoms with Gasteiger partial charge in [-0.1, -0.05) is 13.0 Å². The highest BCUT2D eigenvalue weighted by Crippen LogP contribution is 2.47. The molecule has 2 heterocycles. The van der Waals surface area contributed by atoms with E-state index >= 15 is 0 Å². The van der Waals surface area contributed by atoms with Gasteiger partial charge in [-0.05, 0) is 24.1 Å². The molecule has 1 atom stereocenters. The summed E-state index contributed by atoms with van der Waals surface area (Å²) in [5.74, 6) is -0.978. The number of hydrogen-bond acceptors (Lipinski definition) is 6. The Bertz CT molecular complexity index is 960. The van der Waals surface area contributed by atoms with E-state index in [4.69, 9.17) is 19.9 Å². The van der Waals surface area contributed by atoms with Crippen LogP contribution in [0.3, 0.4) is 0 Å². The van der Waals surface area contributed by atoms with E-state index in [2.05, 4.69) is 5.10 Å². The van der Waals surface area contributed by atoms with Gasteiger partial charge < -0.3 is 19.9 Å². The molecule has 148 valence electrons. The van der Waals surface area contributed by atoms with Gasteiger partial charge in [0.1, 0.15) is 17.3 Å². The van der Waals surface area contributed by atoms with Crippen molar-refractivity contribution in [1.82, 2.24) is 10.2 Å². The lowest BCUT2D eigenvalue weighted by Crippen LogP contribution is -2.23. The summed E-state index contributed by atoms with van der Waals surface area (Å²) in [4.78, 5) is 0. The Kier molecular flexibility index (Phi) is 5.09. The second kappa shape index (κ2) is 7.34. The molecular weight excluding hydrogens is 377 g/mol. The number of hydrogen-bond donors (Lipinski definition) is 2. The predicted octanol–water partition coefficient (Wildman–Crippen LogP) is 3.44. The van der Waals surface area contributed by atoms with E-state index in [1.54, 1.807) is 12.1 Å². The topological polar surface area (TPSA) is 106 Å². The number of halogens is 3.